The fraction of sp³-hybridized carbons (Fsp3) is 0.231. The quantitative estimate of drug-likeness (QED) is 0.242. The van der Waals surface area contributed by atoms with Gasteiger partial charge in [0.05, 0.1) is 30.8 Å². The fourth-order valence-corrected chi connectivity index (χ4v) is 5.14. The summed E-state index contributed by atoms with van der Waals surface area (Å²) in [4.78, 5) is 23.8. The fourth-order valence-electron chi connectivity index (χ4n) is 3.52. The van der Waals surface area contributed by atoms with Crippen molar-refractivity contribution in [3.63, 3.8) is 0 Å². The van der Waals surface area contributed by atoms with Gasteiger partial charge >= 0.3 is 7.82 Å². The van der Waals surface area contributed by atoms with E-state index in [-0.39, 0.29) is 18.0 Å². The molecule has 3 rings (SSSR count). The highest BCUT2D eigenvalue weighted by Gasteiger charge is 2.26. The van der Waals surface area contributed by atoms with Crippen molar-refractivity contribution in [1.82, 2.24) is 4.90 Å². The molecule has 0 aliphatic rings. The van der Waals surface area contributed by atoms with Gasteiger partial charge in [0, 0.05) is 18.1 Å². The summed E-state index contributed by atoms with van der Waals surface area (Å²) in [6, 6.07) is 21.2. The average Bonchev–Trinajstić information content (AvgIpc) is 2.88. The Morgan fingerprint density at radius 3 is 2.13 bits per heavy atom. The van der Waals surface area contributed by atoms with Crippen molar-refractivity contribution in [3.8, 4) is 5.75 Å². The van der Waals surface area contributed by atoms with Crippen LogP contribution in [0.5, 0.6) is 5.75 Å². The number of anilines is 1. The molecule has 10 nitrogen and oxygen atoms in total. The van der Waals surface area contributed by atoms with Crippen LogP contribution in [0.3, 0.4) is 0 Å². The molecule has 0 saturated heterocycles. The molecule has 39 heavy (non-hydrogen) atoms. The van der Waals surface area contributed by atoms with Crippen LogP contribution >= 0.6 is 19.4 Å². The van der Waals surface area contributed by atoms with Gasteiger partial charge < -0.3 is 24.5 Å². The van der Waals surface area contributed by atoms with Gasteiger partial charge in [-0.25, -0.2) is 13.0 Å². The normalized spacial score (nSPS) is 11.8. The van der Waals surface area contributed by atoms with E-state index in [9.17, 15) is 13.5 Å². The van der Waals surface area contributed by atoms with Gasteiger partial charge in [-0.2, -0.15) is 0 Å². The number of nitrogens with zero attached hydrogens (tertiary/aromatic N) is 2. The Morgan fingerprint density at radius 1 is 0.974 bits per heavy atom. The Bertz CT molecular complexity index is 1360. The summed E-state index contributed by atoms with van der Waals surface area (Å²) in [6.45, 7) is 0.846. The van der Waals surface area contributed by atoms with Crippen molar-refractivity contribution < 1.29 is 37.5 Å². The monoisotopic (exact) mass is 598 g/mol. The van der Waals surface area contributed by atoms with Gasteiger partial charge in [0.25, 0.3) is 10.0 Å². The van der Waals surface area contributed by atoms with E-state index >= 15 is 0 Å². The molecule has 0 radical (unpaired) electrons. The summed E-state index contributed by atoms with van der Waals surface area (Å²) in [7, 11) is -5.02. The lowest BCUT2D eigenvalue weighted by Crippen LogP contribution is -2.35. The van der Waals surface area contributed by atoms with E-state index in [4.69, 9.17) is 35.6 Å². The van der Waals surface area contributed by atoms with Crippen LogP contribution < -0.4 is 9.04 Å². The van der Waals surface area contributed by atoms with Crippen molar-refractivity contribution in [3.05, 3.63) is 95.0 Å². The third kappa shape index (κ3) is 11.1. The molecule has 0 aliphatic carbocycles. The Balaban J connectivity index is 0.000000976. The lowest BCUT2D eigenvalue weighted by atomic mass is 10.1. The molecular weight excluding hydrogens is 567 g/mol. The molecule has 0 saturated carbocycles. The number of methoxy groups -OCH3 is 1. The van der Waals surface area contributed by atoms with E-state index in [2.05, 4.69) is 4.90 Å². The molecule has 0 amide bonds. The van der Waals surface area contributed by atoms with E-state index in [0.717, 1.165) is 11.1 Å². The second kappa shape index (κ2) is 15.2. The van der Waals surface area contributed by atoms with E-state index in [1.54, 1.807) is 24.3 Å². The highest BCUT2D eigenvalue weighted by atomic mass is 35.5. The van der Waals surface area contributed by atoms with E-state index in [1.165, 1.54) is 23.5 Å². The number of benzene rings is 3. The number of sulfonamides is 1. The van der Waals surface area contributed by atoms with Gasteiger partial charge in [-0.3, -0.25) is 9.21 Å². The second-order valence-electron chi connectivity index (χ2n) is 8.27. The van der Waals surface area contributed by atoms with Crippen LogP contribution in [0.1, 0.15) is 11.1 Å². The number of rotatable bonds is 11. The van der Waals surface area contributed by atoms with Crippen LogP contribution in [0.4, 0.5) is 5.69 Å². The largest absolute Gasteiger partial charge is 0.497 e. The first-order chi connectivity index (χ1) is 18.3. The molecule has 0 unspecified atom stereocenters. The van der Waals surface area contributed by atoms with Crippen molar-refractivity contribution in [1.29, 1.82) is 0 Å². The third-order valence-electron chi connectivity index (χ3n) is 5.25. The summed E-state index contributed by atoms with van der Waals surface area (Å²) < 4.78 is 42.2. The summed E-state index contributed by atoms with van der Waals surface area (Å²) in [5, 5.41) is 10.3. The zero-order valence-electron chi connectivity index (χ0n) is 21.5. The molecule has 0 aliphatic heterocycles. The molecule has 0 bridgehead atoms. The molecule has 0 spiro atoms. The van der Waals surface area contributed by atoms with Crippen LogP contribution in [-0.4, -0.2) is 67.0 Å². The standard InChI is InChI=1S/C26H29ClN2O4S.H3O4P/c1-28(17-5-6-21-9-11-23(27)12-10-21)20-22-7-3-4-8-26(22)29(18-19-30)34(31,32)25-15-13-24(33-2)14-16-25;1-5(2,3)4/h3-16,30H,17-20H2,1-2H3;(H3,1,2,3,4)/b6-5+;. The number of phosphoric acid groups is 1. The first-order valence-corrected chi connectivity index (χ1v) is 15.0. The van der Waals surface area contributed by atoms with E-state index in [0.29, 0.717) is 29.5 Å². The van der Waals surface area contributed by atoms with Crippen LogP contribution in [0.15, 0.2) is 83.8 Å². The van der Waals surface area contributed by atoms with Gasteiger partial charge in [-0.15, -0.1) is 0 Å². The average molecular weight is 599 g/mol. The van der Waals surface area contributed by atoms with Gasteiger partial charge in [0.15, 0.2) is 0 Å². The highest BCUT2D eigenvalue weighted by molar-refractivity contribution is 7.92. The smallest absolute Gasteiger partial charge is 0.466 e. The first kappa shape index (κ1) is 32.5. The number of hydrogen-bond acceptors (Lipinski definition) is 6. The number of aliphatic hydroxyl groups excluding tert-OH is 1. The number of ether oxygens (including phenoxy) is 1. The molecule has 0 aromatic heterocycles. The maximum Gasteiger partial charge on any atom is 0.466 e. The number of likely N-dealkylation sites (N-methyl/N-ethyl adjacent to an activating group) is 1. The molecule has 0 heterocycles. The molecule has 3 aromatic carbocycles. The minimum absolute atomic E-state index is 0.0500. The maximum atomic E-state index is 13.5. The molecule has 0 atom stereocenters. The van der Waals surface area contributed by atoms with Gasteiger partial charge in [-0.1, -0.05) is 54.1 Å². The number of hydrogen-bond donors (Lipinski definition) is 4. The van der Waals surface area contributed by atoms with Crippen molar-refractivity contribution in [2.24, 2.45) is 0 Å². The zero-order valence-corrected chi connectivity index (χ0v) is 23.9. The Hall–Kier alpha value is -2.73. The van der Waals surface area contributed by atoms with Crippen molar-refractivity contribution in [2.75, 3.05) is 38.2 Å². The molecule has 0 fully saturated rings. The van der Waals surface area contributed by atoms with E-state index in [1.807, 2.05) is 55.6 Å². The lowest BCUT2D eigenvalue weighted by molar-refractivity contribution is 0.275. The Kier molecular flexibility index (Phi) is 12.6. The molecule has 13 heteroatoms. The zero-order chi connectivity index (χ0) is 29.1. The SMILES string of the molecule is COc1ccc(S(=O)(=O)N(CCO)c2ccccc2CN(C)C/C=C/c2ccc(Cl)cc2)cc1.O=P(O)(O)O. The van der Waals surface area contributed by atoms with Crippen LogP contribution in [0.2, 0.25) is 5.02 Å². The van der Waals surface area contributed by atoms with Crippen LogP contribution in [-0.2, 0) is 21.1 Å². The molecular formula is C26H32ClN2O8PS. The molecule has 4 N–H and O–H groups in total. The highest BCUT2D eigenvalue weighted by Crippen LogP contribution is 2.29. The van der Waals surface area contributed by atoms with Crippen molar-refractivity contribution in [2.45, 2.75) is 11.4 Å². The number of aliphatic hydroxyl groups is 1. The number of para-hydroxylation sites is 1. The topological polar surface area (TPSA) is 148 Å². The summed E-state index contributed by atoms with van der Waals surface area (Å²) in [6.07, 6.45) is 4.07. The van der Waals surface area contributed by atoms with Crippen LogP contribution in [0, 0.1) is 0 Å². The maximum absolute atomic E-state index is 13.5. The predicted molar refractivity (Wildman–Crippen MR) is 152 cm³/mol. The van der Waals surface area contributed by atoms with E-state index < -0.39 is 17.8 Å². The molecule has 3 aromatic rings. The van der Waals surface area contributed by atoms with Gasteiger partial charge in [0.2, 0.25) is 0 Å². The minimum atomic E-state index is -4.64. The van der Waals surface area contributed by atoms with Crippen LogP contribution in [0.25, 0.3) is 6.08 Å². The summed E-state index contributed by atoms with van der Waals surface area (Å²) in [5.41, 5.74) is 2.44. The van der Waals surface area contributed by atoms with Gasteiger partial charge in [-0.05, 0) is 60.6 Å². The Labute approximate surface area is 233 Å². The first-order valence-electron chi connectivity index (χ1n) is 11.6. The number of halogens is 1. The van der Waals surface area contributed by atoms with Crippen molar-refractivity contribution >= 4 is 41.2 Å². The predicted octanol–water partition coefficient (Wildman–Crippen LogP) is 3.75. The third-order valence-corrected chi connectivity index (χ3v) is 7.33. The van der Waals surface area contributed by atoms with Gasteiger partial charge in [0.1, 0.15) is 5.75 Å². The lowest BCUT2D eigenvalue weighted by Gasteiger charge is -2.27. The second-order valence-corrected chi connectivity index (χ2v) is 11.6. The minimum Gasteiger partial charge on any atom is -0.497 e. The summed E-state index contributed by atoms with van der Waals surface area (Å²) >= 11 is 5.93. The Morgan fingerprint density at radius 2 is 1.56 bits per heavy atom. The molecule has 212 valence electrons. The summed E-state index contributed by atoms with van der Waals surface area (Å²) in [5.74, 6) is 0.571.